The van der Waals surface area contributed by atoms with Crippen LogP contribution in [0.2, 0.25) is 5.02 Å². The van der Waals surface area contributed by atoms with Gasteiger partial charge in [0, 0.05) is 24.2 Å². The lowest BCUT2D eigenvalue weighted by Gasteiger charge is -2.11. The first kappa shape index (κ1) is 15.1. The molecule has 0 spiro atoms. The lowest BCUT2D eigenvalue weighted by atomic mass is 10.1. The van der Waals surface area contributed by atoms with Crippen molar-refractivity contribution in [2.24, 2.45) is 0 Å². The van der Waals surface area contributed by atoms with Gasteiger partial charge in [0.2, 0.25) is 0 Å². The molecule has 0 bridgehead atoms. The van der Waals surface area contributed by atoms with E-state index in [4.69, 9.17) is 16.3 Å². The van der Waals surface area contributed by atoms with Gasteiger partial charge in [-0.2, -0.15) is 0 Å². The van der Waals surface area contributed by atoms with Crippen molar-refractivity contribution in [3.8, 4) is 5.75 Å². The standard InChI is InChI=1S/C14H12ClFN2O3/c1-21-13-6-5-10(18(19)20)7-9(13)8-17-12-4-2-3-11(15)14(12)16/h2-7,17H,8H2,1H3. The summed E-state index contributed by atoms with van der Waals surface area (Å²) in [6.45, 7) is 0.169. The number of benzene rings is 2. The second kappa shape index (κ2) is 6.41. The van der Waals surface area contributed by atoms with Gasteiger partial charge >= 0.3 is 0 Å². The quantitative estimate of drug-likeness (QED) is 0.669. The number of nitro groups is 1. The summed E-state index contributed by atoms with van der Waals surface area (Å²) in [5, 5.41) is 13.6. The molecule has 0 heterocycles. The lowest BCUT2D eigenvalue weighted by Crippen LogP contribution is -2.04. The number of halogens is 2. The molecule has 2 aromatic rings. The Morgan fingerprint density at radius 1 is 1.38 bits per heavy atom. The minimum Gasteiger partial charge on any atom is -0.496 e. The molecule has 0 aromatic heterocycles. The van der Waals surface area contributed by atoms with E-state index in [1.807, 2.05) is 0 Å². The zero-order valence-corrected chi connectivity index (χ0v) is 11.9. The van der Waals surface area contributed by atoms with Gasteiger partial charge in [0.25, 0.3) is 5.69 Å². The van der Waals surface area contributed by atoms with Gasteiger partial charge in [0.1, 0.15) is 5.75 Å². The highest BCUT2D eigenvalue weighted by molar-refractivity contribution is 6.31. The van der Waals surface area contributed by atoms with E-state index in [0.717, 1.165) is 0 Å². The average Bonchev–Trinajstić information content (AvgIpc) is 2.48. The van der Waals surface area contributed by atoms with Gasteiger partial charge in [-0.3, -0.25) is 10.1 Å². The largest absolute Gasteiger partial charge is 0.496 e. The number of non-ortho nitro benzene ring substituents is 1. The van der Waals surface area contributed by atoms with E-state index in [1.165, 1.54) is 37.4 Å². The van der Waals surface area contributed by atoms with Crippen molar-refractivity contribution in [2.75, 3.05) is 12.4 Å². The van der Waals surface area contributed by atoms with Crippen LogP contribution in [0.15, 0.2) is 36.4 Å². The van der Waals surface area contributed by atoms with Gasteiger partial charge < -0.3 is 10.1 Å². The Kier molecular flexibility index (Phi) is 4.59. The molecule has 0 amide bonds. The SMILES string of the molecule is COc1ccc([N+](=O)[O-])cc1CNc1cccc(Cl)c1F. The number of nitro benzene ring substituents is 1. The summed E-state index contributed by atoms with van der Waals surface area (Å²) < 4.78 is 18.9. The van der Waals surface area contributed by atoms with Gasteiger partial charge in [-0.05, 0) is 18.2 Å². The van der Waals surface area contributed by atoms with Crippen LogP contribution in [-0.2, 0) is 6.54 Å². The van der Waals surface area contributed by atoms with Crippen molar-refractivity contribution < 1.29 is 14.1 Å². The summed E-state index contributed by atoms with van der Waals surface area (Å²) in [5.41, 5.74) is 0.710. The smallest absolute Gasteiger partial charge is 0.270 e. The molecular formula is C14H12ClFN2O3. The Hall–Kier alpha value is -2.34. The predicted molar refractivity (Wildman–Crippen MR) is 78.4 cm³/mol. The summed E-state index contributed by atoms with van der Waals surface area (Å²) >= 11 is 5.69. The second-order valence-electron chi connectivity index (χ2n) is 4.21. The molecule has 7 heteroatoms. The molecule has 0 saturated heterocycles. The van der Waals surface area contributed by atoms with Crippen LogP contribution in [0, 0.1) is 15.9 Å². The van der Waals surface area contributed by atoms with Gasteiger partial charge in [-0.25, -0.2) is 4.39 Å². The third-order valence-corrected chi connectivity index (χ3v) is 3.19. The maximum atomic E-state index is 13.8. The molecule has 0 radical (unpaired) electrons. The molecule has 110 valence electrons. The fraction of sp³-hybridized carbons (Fsp3) is 0.143. The molecule has 2 aromatic carbocycles. The number of ether oxygens (including phenoxy) is 1. The van der Waals surface area contributed by atoms with Gasteiger partial charge in [-0.1, -0.05) is 17.7 Å². The number of nitrogens with one attached hydrogen (secondary N) is 1. The van der Waals surface area contributed by atoms with Crippen molar-refractivity contribution in [1.82, 2.24) is 0 Å². The number of methoxy groups -OCH3 is 1. The van der Waals surface area contributed by atoms with E-state index in [-0.39, 0.29) is 22.9 Å². The predicted octanol–water partition coefficient (Wildman–Crippen LogP) is 4.01. The summed E-state index contributed by atoms with van der Waals surface area (Å²) in [7, 11) is 1.46. The van der Waals surface area contributed by atoms with Crippen LogP contribution in [0.1, 0.15) is 5.56 Å². The Morgan fingerprint density at radius 2 is 2.14 bits per heavy atom. The minimum atomic E-state index is -0.566. The summed E-state index contributed by atoms with van der Waals surface area (Å²) in [4.78, 5) is 10.3. The number of rotatable bonds is 5. The molecular weight excluding hydrogens is 299 g/mol. The molecule has 1 N–H and O–H groups in total. The minimum absolute atomic E-state index is 0.00556. The monoisotopic (exact) mass is 310 g/mol. The molecule has 5 nitrogen and oxygen atoms in total. The van der Waals surface area contributed by atoms with Crippen molar-refractivity contribution >= 4 is 23.0 Å². The van der Waals surface area contributed by atoms with Gasteiger partial charge in [0.15, 0.2) is 5.82 Å². The van der Waals surface area contributed by atoms with Crippen LogP contribution in [-0.4, -0.2) is 12.0 Å². The topological polar surface area (TPSA) is 64.4 Å². The molecule has 0 aliphatic rings. The van der Waals surface area contributed by atoms with Crippen molar-refractivity contribution in [3.63, 3.8) is 0 Å². The van der Waals surface area contributed by atoms with Crippen molar-refractivity contribution in [2.45, 2.75) is 6.54 Å². The molecule has 0 atom stereocenters. The average molecular weight is 311 g/mol. The number of hydrogen-bond donors (Lipinski definition) is 1. The first-order chi connectivity index (χ1) is 10.0. The maximum Gasteiger partial charge on any atom is 0.270 e. The molecule has 0 aliphatic carbocycles. The van der Waals surface area contributed by atoms with E-state index in [0.29, 0.717) is 11.3 Å². The lowest BCUT2D eigenvalue weighted by molar-refractivity contribution is -0.384. The van der Waals surface area contributed by atoms with Gasteiger partial charge in [-0.15, -0.1) is 0 Å². The summed E-state index contributed by atoms with van der Waals surface area (Å²) in [6, 6.07) is 8.82. The Labute approximate surface area is 125 Å². The van der Waals surface area contributed by atoms with Crippen LogP contribution < -0.4 is 10.1 Å². The van der Waals surface area contributed by atoms with Crippen LogP contribution in [0.4, 0.5) is 15.8 Å². The first-order valence-corrected chi connectivity index (χ1v) is 6.40. The molecule has 0 unspecified atom stereocenters. The van der Waals surface area contributed by atoms with Crippen LogP contribution in [0.25, 0.3) is 0 Å². The van der Waals surface area contributed by atoms with Crippen molar-refractivity contribution in [3.05, 3.63) is 62.9 Å². The highest BCUT2D eigenvalue weighted by Crippen LogP contribution is 2.27. The highest BCUT2D eigenvalue weighted by atomic mass is 35.5. The fourth-order valence-corrected chi connectivity index (χ4v) is 2.02. The van der Waals surface area contributed by atoms with Crippen molar-refractivity contribution in [1.29, 1.82) is 0 Å². The maximum absolute atomic E-state index is 13.8. The zero-order chi connectivity index (χ0) is 15.4. The van der Waals surface area contributed by atoms with E-state index in [9.17, 15) is 14.5 Å². The normalized spacial score (nSPS) is 10.2. The van der Waals surface area contributed by atoms with E-state index >= 15 is 0 Å². The number of nitrogens with zero attached hydrogens (tertiary/aromatic N) is 1. The van der Waals surface area contributed by atoms with Crippen LogP contribution in [0.3, 0.4) is 0 Å². The third-order valence-electron chi connectivity index (χ3n) is 2.90. The summed E-state index contributed by atoms with van der Waals surface area (Å²) in [5.74, 6) is -0.0842. The fourth-order valence-electron chi connectivity index (χ4n) is 1.85. The molecule has 2 rings (SSSR count). The zero-order valence-electron chi connectivity index (χ0n) is 11.1. The Morgan fingerprint density at radius 3 is 2.81 bits per heavy atom. The Balaban J connectivity index is 2.24. The third kappa shape index (κ3) is 3.41. The second-order valence-corrected chi connectivity index (χ2v) is 4.62. The highest BCUT2D eigenvalue weighted by Gasteiger charge is 2.12. The molecule has 0 saturated carbocycles. The van der Waals surface area contributed by atoms with Gasteiger partial charge in [0.05, 0.1) is 22.7 Å². The van der Waals surface area contributed by atoms with E-state index in [1.54, 1.807) is 6.07 Å². The number of anilines is 1. The molecule has 21 heavy (non-hydrogen) atoms. The summed E-state index contributed by atoms with van der Waals surface area (Å²) in [6.07, 6.45) is 0. The van der Waals surface area contributed by atoms with E-state index in [2.05, 4.69) is 5.32 Å². The molecule has 0 fully saturated rings. The van der Waals surface area contributed by atoms with Crippen LogP contribution in [0.5, 0.6) is 5.75 Å². The number of hydrogen-bond acceptors (Lipinski definition) is 4. The van der Waals surface area contributed by atoms with Crippen LogP contribution >= 0.6 is 11.6 Å². The Bertz CT molecular complexity index is 679. The molecule has 0 aliphatic heterocycles. The van der Waals surface area contributed by atoms with E-state index < -0.39 is 10.7 Å². The first-order valence-electron chi connectivity index (χ1n) is 6.02.